The predicted molar refractivity (Wildman–Crippen MR) is 73.7 cm³/mol. The van der Waals surface area contributed by atoms with Crippen molar-refractivity contribution < 1.29 is 9.53 Å². The number of carbonyl (C=O) groups is 1. The molecule has 99 valence electrons. The maximum absolute atomic E-state index is 12.4. The van der Waals surface area contributed by atoms with Gasteiger partial charge in [0.1, 0.15) is 5.92 Å². The Hall–Kier alpha value is -1.81. The average molecular weight is 257 g/mol. The van der Waals surface area contributed by atoms with E-state index in [1.165, 1.54) is 0 Å². The standard InChI is InChI=1S/C15H17N2O2/c1-11(15(18)17-6-8-19-9-7-17)14-10-12-4-2-3-5-13(12)16-14/h2-5,10,16H,6-9H2,1H3. The monoisotopic (exact) mass is 257 g/mol. The summed E-state index contributed by atoms with van der Waals surface area (Å²) in [4.78, 5) is 17.5. The van der Waals surface area contributed by atoms with Crippen LogP contribution in [0.5, 0.6) is 0 Å². The number of carbonyl (C=O) groups excluding carboxylic acids is 1. The number of hydrogen-bond donors (Lipinski definition) is 1. The number of ether oxygens (including phenoxy) is 1. The number of aromatic nitrogens is 1. The topological polar surface area (TPSA) is 45.3 Å². The van der Waals surface area contributed by atoms with Gasteiger partial charge in [0.15, 0.2) is 0 Å². The lowest BCUT2D eigenvalue weighted by atomic mass is 10.1. The van der Waals surface area contributed by atoms with E-state index in [-0.39, 0.29) is 5.91 Å². The molecule has 1 amide bonds. The van der Waals surface area contributed by atoms with E-state index in [1.54, 1.807) is 0 Å². The molecule has 1 aliphatic rings. The second-order valence-electron chi connectivity index (χ2n) is 4.80. The number of para-hydroxylation sites is 1. The van der Waals surface area contributed by atoms with Crippen LogP contribution in [0.2, 0.25) is 0 Å². The third kappa shape index (κ3) is 2.36. The van der Waals surface area contributed by atoms with Crippen molar-refractivity contribution in [3.05, 3.63) is 41.9 Å². The van der Waals surface area contributed by atoms with E-state index in [2.05, 4.69) is 4.98 Å². The van der Waals surface area contributed by atoms with Gasteiger partial charge in [-0.25, -0.2) is 0 Å². The molecule has 1 fully saturated rings. The van der Waals surface area contributed by atoms with Crippen molar-refractivity contribution in [2.24, 2.45) is 0 Å². The van der Waals surface area contributed by atoms with E-state index in [4.69, 9.17) is 4.74 Å². The van der Waals surface area contributed by atoms with Crippen LogP contribution >= 0.6 is 0 Å². The van der Waals surface area contributed by atoms with Crippen molar-refractivity contribution in [3.8, 4) is 0 Å². The molecule has 0 saturated carbocycles. The molecule has 1 N–H and O–H groups in total. The van der Waals surface area contributed by atoms with Crippen LogP contribution in [-0.2, 0) is 9.53 Å². The Labute approximate surface area is 112 Å². The Morgan fingerprint density at radius 2 is 2.00 bits per heavy atom. The summed E-state index contributed by atoms with van der Waals surface area (Å²) >= 11 is 0. The molecule has 19 heavy (non-hydrogen) atoms. The van der Waals surface area contributed by atoms with Gasteiger partial charge in [-0.15, -0.1) is 0 Å². The molecule has 4 heteroatoms. The maximum atomic E-state index is 12.4. The van der Waals surface area contributed by atoms with Gasteiger partial charge in [-0.2, -0.15) is 0 Å². The largest absolute Gasteiger partial charge is 0.378 e. The second-order valence-corrected chi connectivity index (χ2v) is 4.80. The molecule has 3 rings (SSSR count). The Kier molecular flexibility index (Phi) is 3.25. The number of benzene rings is 1. The summed E-state index contributed by atoms with van der Waals surface area (Å²) < 4.78 is 5.27. The Morgan fingerprint density at radius 1 is 1.26 bits per heavy atom. The molecule has 1 radical (unpaired) electrons. The lowest BCUT2D eigenvalue weighted by molar-refractivity contribution is -0.132. The molecule has 2 aromatic rings. The van der Waals surface area contributed by atoms with Gasteiger partial charge in [-0.05, 0) is 24.4 Å². The molecule has 0 aliphatic carbocycles. The zero-order valence-corrected chi connectivity index (χ0v) is 11.0. The number of hydrogen-bond acceptors (Lipinski definition) is 2. The lowest BCUT2D eigenvalue weighted by Crippen LogP contribution is -2.42. The minimum atomic E-state index is 0.0925. The van der Waals surface area contributed by atoms with E-state index < -0.39 is 0 Å². The third-order valence-electron chi connectivity index (χ3n) is 3.55. The summed E-state index contributed by atoms with van der Waals surface area (Å²) in [6, 6.07) is 10.1. The van der Waals surface area contributed by atoms with Gasteiger partial charge in [-0.1, -0.05) is 18.2 Å². The minimum absolute atomic E-state index is 0.0925. The second kappa shape index (κ2) is 5.05. The highest BCUT2D eigenvalue weighted by atomic mass is 16.5. The van der Waals surface area contributed by atoms with Gasteiger partial charge in [0.25, 0.3) is 0 Å². The summed E-state index contributed by atoms with van der Waals surface area (Å²) in [7, 11) is 0. The normalized spacial score (nSPS) is 16.2. The zero-order valence-electron chi connectivity index (χ0n) is 11.0. The first kappa shape index (κ1) is 12.2. The summed E-state index contributed by atoms with van der Waals surface area (Å²) in [5.41, 5.74) is 1.96. The van der Waals surface area contributed by atoms with Gasteiger partial charge in [0.05, 0.1) is 13.2 Å². The molecule has 1 saturated heterocycles. The molecular weight excluding hydrogens is 240 g/mol. The van der Waals surface area contributed by atoms with E-state index in [0.717, 1.165) is 22.5 Å². The Balaban J connectivity index is 1.82. The number of H-pyrrole nitrogens is 1. The molecular formula is C15H17N2O2. The SMILES string of the molecule is C[C](C(=O)N1CCOCC1)c1cc2ccccc2[nH]1. The highest BCUT2D eigenvalue weighted by Crippen LogP contribution is 2.22. The first-order valence-corrected chi connectivity index (χ1v) is 6.54. The van der Waals surface area contributed by atoms with Crippen LogP contribution in [0.25, 0.3) is 10.9 Å². The van der Waals surface area contributed by atoms with Crippen molar-refractivity contribution in [3.63, 3.8) is 0 Å². The highest BCUT2D eigenvalue weighted by molar-refractivity contribution is 5.95. The molecule has 0 spiro atoms. The van der Waals surface area contributed by atoms with E-state index >= 15 is 0 Å². The molecule has 1 aromatic heterocycles. The number of fused-ring (bicyclic) bond motifs is 1. The van der Waals surface area contributed by atoms with Crippen molar-refractivity contribution in [2.45, 2.75) is 6.92 Å². The molecule has 4 nitrogen and oxygen atoms in total. The first-order valence-electron chi connectivity index (χ1n) is 6.54. The van der Waals surface area contributed by atoms with Crippen LogP contribution in [-0.4, -0.2) is 42.1 Å². The molecule has 0 unspecified atom stereocenters. The molecule has 0 bridgehead atoms. The van der Waals surface area contributed by atoms with Crippen molar-refractivity contribution in [1.82, 2.24) is 9.88 Å². The number of morpholine rings is 1. The van der Waals surface area contributed by atoms with E-state index in [1.807, 2.05) is 42.2 Å². The molecule has 1 aromatic carbocycles. The van der Waals surface area contributed by atoms with Crippen LogP contribution in [0.4, 0.5) is 0 Å². The van der Waals surface area contributed by atoms with Gasteiger partial charge >= 0.3 is 0 Å². The van der Waals surface area contributed by atoms with Gasteiger partial charge in [-0.3, -0.25) is 4.79 Å². The van der Waals surface area contributed by atoms with E-state index in [9.17, 15) is 4.79 Å². The highest BCUT2D eigenvalue weighted by Gasteiger charge is 2.25. The number of rotatable bonds is 2. The van der Waals surface area contributed by atoms with Crippen LogP contribution in [0.15, 0.2) is 30.3 Å². The summed E-state index contributed by atoms with van der Waals surface area (Å²) in [6.45, 7) is 4.49. The summed E-state index contributed by atoms with van der Waals surface area (Å²) in [5.74, 6) is 0.855. The first-order chi connectivity index (χ1) is 9.25. The van der Waals surface area contributed by atoms with Gasteiger partial charge in [0, 0.05) is 24.3 Å². The summed E-state index contributed by atoms with van der Waals surface area (Å²) in [6.07, 6.45) is 0. The zero-order chi connectivity index (χ0) is 13.2. The van der Waals surface area contributed by atoms with Gasteiger partial charge < -0.3 is 14.6 Å². The Bertz CT molecular complexity index is 552. The quantitative estimate of drug-likeness (QED) is 0.894. The molecule has 0 atom stereocenters. The third-order valence-corrected chi connectivity index (χ3v) is 3.55. The van der Waals surface area contributed by atoms with Crippen LogP contribution < -0.4 is 0 Å². The fourth-order valence-corrected chi connectivity index (χ4v) is 2.39. The maximum Gasteiger partial charge on any atom is 0.236 e. The molecule has 2 heterocycles. The van der Waals surface area contributed by atoms with Crippen molar-refractivity contribution in [2.75, 3.05) is 26.3 Å². The Morgan fingerprint density at radius 3 is 2.74 bits per heavy atom. The summed E-state index contributed by atoms with van der Waals surface area (Å²) in [5, 5.41) is 1.13. The fourth-order valence-electron chi connectivity index (χ4n) is 2.39. The average Bonchev–Trinajstić information content (AvgIpc) is 2.90. The van der Waals surface area contributed by atoms with Gasteiger partial charge in [0.2, 0.25) is 5.91 Å². The van der Waals surface area contributed by atoms with Crippen LogP contribution in [0.1, 0.15) is 12.6 Å². The van der Waals surface area contributed by atoms with Crippen LogP contribution in [0.3, 0.4) is 0 Å². The number of aromatic amines is 1. The minimum Gasteiger partial charge on any atom is -0.378 e. The smallest absolute Gasteiger partial charge is 0.236 e. The number of nitrogens with zero attached hydrogens (tertiary/aromatic N) is 1. The predicted octanol–water partition coefficient (Wildman–Crippen LogP) is 1.97. The van der Waals surface area contributed by atoms with Crippen molar-refractivity contribution in [1.29, 1.82) is 0 Å². The number of amides is 1. The molecule has 1 aliphatic heterocycles. The van der Waals surface area contributed by atoms with Crippen molar-refractivity contribution >= 4 is 16.8 Å². The fraction of sp³-hybridized carbons (Fsp3) is 0.333. The number of nitrogens with one attached hydrogen (secondary N) is 1. The van der Waals surface area contributed by atoms with E-state index in [0.29, 0.717) is 26.3 Å². The van der Waals surface area contributed by atoms with Crippen LogP contribution in [0, 0.1) is 5.92 Å². The lowest BCUT2D eigenvalue weighted by Gasteiger charge is -2.28.